The molecule has 0 aliphatic rings. The summed E-state index contributed by atoms with van der Waals surface area (Å²) in [6.07, 6.45) is 2.28. The number of hydrogen-bond acceptors (Lipinski definition) is 3. The molecule has 0 aliphatic heterocycles. The average molecular weight is 250 g/mol. The quantitative estimate of drug-likeness (QED) is 0.727. The SMILES string of the molecule is COc1ccc([C@H](C)NC(=O)CCCCN)cc1. The van der Waals surface area contributed by atoms with Gasteiger partial charge in [-0.2, -0.15) is 0 Å². The van der Waals surface area contributed by atoms with Crippen LogP contribution >= 0.6 is 0 Å². The van der Waals surface area contributed by atoms with E-state index in [2.05, 4.69) is 5.32 Å². The molecule has 100 valence electrons. The summed E-state index contributed by atoms with van der Waals surface area (Å²) in [5.74, 6) is 0.895. The molecule has 1 atom stereocenters. The van der Waals surface area contributed by atoms with Crippen LogP contribution in [-0.4, -0.2) is 19.6 Å². The van der Waals surface area contributed by atoms with Crippen molar-refractivity contribution >= 4 is 5.91 Å². The topological polar surface area (TPSA) is 64.3 Å². The molecule has 0 radical (unpaired) electrons. The van der Waals surface area contributed by atoms with Gasteiger partial charge in [-0.3, -0.25) is 4.79 Å². The minimum absolute atomic E-state index is 0.0151. The highest BCUT2D eigenvalue weighted by Gasteiger charge is 2.09. The van der Waals surface area contributed by atoms with E-state index in [1.54, 1.807) is 7.11 Å². The smallest absolute Gasteiger partial charge is 0.220 e. The molecule has 4 heteroatoms. The molecular formula is C14H22N2O2. The van der Waals surface area contributed by atoms with E-state index in [1.165, 1.54) is 0 Å². The molecule has 4 nitrogen and oxygen atoms in total. The highest BCUT2D eigenvalue weighted by Crippen LogP contribution is 2.17. The Hall–Kier alpha value is -1.55. The Morgan fingerprint density at radius 1 is 1.33 bits per heavy atom. The van der Waals surface area contributed by atoms with Crippen LogP contribution in [0.1, 0.15) is 37.8 Å². The first-order chi connectivity index (χ1) is 8.67. The Kier molecular flexibility index (Phi) is 6.22. The van der Waals surface area contributed by atoms with Gasteiger partial charge in [-0.1, -0.05) is 12.1 Å². The molecule has 0 aliphatic carbocycles. The summed E-state index contributed by atoms with van der Waals surface area (Å²) in [6, 6.07) is 7.73. The molecule has 0 aromatic heterocycles. The van der Waals surface area contributed by atoms with Crippen molar-refractivity contribution < 1.29 is 9.53 Å². The number of carbonyl (C=O) groups excluding carboxylic acids is 1. The number of benzene rings is 1. The van der Waals surface area contributed by atoms with Crippen molar-refractivity contribution in [1.82, 2.24) is 5.32 Å². The molecule has 18 heavy (non-hydrogen) atoms. The number of hydrogen-bond donors (Lipinski definition) is 2. The number of carbonyl (C=O) groups is 1. The number of unbranched alkanes of at least 4 members (excludes halogenated alkanes) is 1. The van der Waals surface area contributed by atoms with Gasteiger partial charge >= 0.3 is 0 Å². The van der Waals surface area contributed by atoms with Crippen molar-refractivity contribution in [2.45, 2.75) is 32.2 Å². The zero-order valence-electron chi connectivity index (χ0n) is 11.1. The van der Waals surface area contributed by atoms with Crippen LogP contribution in [0.15, 0.2) is 24.3 Å². The van der Waals surface area contributed by atoms with Gasteiger partial charge in [0.05, 0.1) is 13.2 Å². The van der Waals surface area contributed by atoms with E-state index >= 15 is 0 Å². The van der Waals surface area contributed by atoms with E-state index < -0.39 is 0 Å². The number of rotatable bonds is 7. The van der Waals surface area contributed by atoms with Crippen LogP contribution in [-0.2, 0) is 4.79 Å². The van der Waals surface area contributed by atoms with Crippen molar-refractivity contribution in [1.29, 1.82) is 0 Å². The second kappa shape index (κ2) is 7.71. The van der Waals surface area contributed by atoms with Crippen molar-refractivity contribution in [3.63, 3.8) is 0 Å². The number of ether oxygens (including phenoxy) is 1. The molecule has 0 bridgehead atoms. The lowest BCUT2D eigenvalue weighted by molar-refractivity contribution is -0.121. The number of methoxy groups -OCH3 is 1. The Bertz CT molecular complexity index is 363. The van der Waals surface area contributed by atoms with Gasteiger partial charge in [0, 0.05) is 6.42 Å². The van der Waals surface area contributed by atoms with E-state index in [0.29, 0.717) is 13.0 Å². The van der Waals surface area contributed by atoms with Gasteiger partial charge in [0.15, 0.2) is 0 Å². The molecule has 0 fully saturated rings. The van der Waals surface area contributed by atoms with E-state index in [4.69, 9.17) is 10.5 Å². The largest absolute Gasteiger partial charge is 0.497 e. The van der Waals surface area contributed by atoms with Crippen LogP contribution in [0.25, 0.3) is 0 Å². The summed E-state index contributed by atoms with van der Waals surface area (Å²) in [4.78, 5) is 11.6. The van der Waals surface area contributed by atoms with Gasteiger partial charge in [0.25, 0.3) is 0 Å². The third-order valence-corrected chi connectivity index (χ3v) is 2.85. The first kappa shape index (κ1) is 14.5. The maximum Gasteiger partial charge on any atom is 0.220 e. The van der Waals surface area contributed by atoms with Gasteiger partial charge in [0.1, 0.15) is 5.75 Å². The number of nitrogens with one attached hydrogen (secondary N) is 1. The zero-order chi connectivity index (χ0) is 13.4. The summed E-state index contributed by atoms with van der Waals surface area (Å²) in [6.45, 7) is 2.62. The Morgan fingerprint density at radius 2 is 2.00 bits per heavy atom. The van der Waals surface area contributed by atoms with E-state index in [1.807, 2.05) is 31.2 Å². The fourth-order valence-electron chi connectivity index (χ4n) is 1.72. The fourth-order valence-corrected chi connectivity index (χ4v) is 1.72. The summed E-state index contributed by atoms with van der Waals surface area (Å²) < 4.78 is 5.10. The van der Waals surface area contributed by atoms with Crippen LogP contribution in [0.2, 0.25) is 0 Å². The highest BCUT2D eigenvalue weighted by molar-refractivity contribution is 5.76. The van der Waals surface area contributed by atoms with E-state index in [-0.39, 0.29) is 11.9 Å². The van der Waals surface area contributed by atoms with Crippen LogP contribution in [0.3, 0.4) is 0 Å². The maximum atomic E-state index is 11.6. The summed E-state index contributed by atoms with van der Waals surface area (Å²) in [5.41, 5.74) is 6.46. The zero-order valence-corrected chi connectivity index (χ0v) is 11.1. The third-order valence-electron chi connectivity index (χ3n) is 2.85. The van der Waals surface area contributed by atoms with Crippen molar-refractivity contribution in [2.75, 3.05) is 13.7 Å². The first-order valence-corrected chi connectivity index (χ1v) is 6.30. The van der Waals surface area contributed by atoms with Gasteiger partial charge < -0.3 is 15.8 Å². The minimum atomic E-state index is 0.0151. The monoisotopic (exact) mass is 250 g/mol. The molecule has 0 saturated carbocycles. The lowest BCUT2D eigenvalue weighted by atomic mass is 10.1. The molecule has 1 rings (SSSR count). The Labute approximate surface area is 109 Å². The lowest BCUT2D eigenvalue weighted by Crippen LogP contribution is -2.26. The molecule has 1 amide bonds. The summed E-state index contributed by atoms with van der Waals surface area (Å²) >= 11 is 0. The van der Waals surface area contributed by atoms with Crippen molar-refractivity contribution in [3.8, 4) is 5.75 Å². The molecule has 3 N–H and O–H groups in total. The van der Waals surface area contributed by atoms with Crippen LogP contribution in [0.5, 0.6) is 5.75 Å². The van der Waals surface area contributed by atoms with Crippen molar-refractivity contribution in [2.24, 2.45) is 5.73 Å². The average Bonchev–Trinajstić information content (AvgIpc) is 2.39. The molecule has 1 aromatic carbocycles. The van der Waals surface area contributed by atoms with Gasteiger partial charge in [0.2, 0.25) is 5.91 Å². The van der Waals surface area contributed by atoms with Gasteiger partial charge in [-0.05, 0) is 44.0 Å². The molecular weight excluding hydrogens is 228 g/mol. The summed E-state index contributed by atoms with van der Waals surface area (Å²) in [7, 11) is 1.64. The predicted octanol–water partition coefficient (Wildman–Crippen LogP) is 2.00. The van der Waals surface area contributed by atoms with Crippen LogP contribution in [0, 0.1) is 0 Å². The second-order valence-corrected chi connectivity index (χ2v) is 4.31. The number of nitrogens with two attached hydrogens (primary N) is 1. The first-order valence-electron chi connectivity index (χ1n) is 6.30. The highest BCUT2D eigenvalue weighted by atomic mass is 16.5. The molecule has 0 saturated heterocycles. The Morgan fingerprint density at radius 3 is 2.56 bits per heavy atom. The van der Waals surface area contributed by atoms with Crippen LogP contribution < -0.4 is 15.8 Å². The van der Waals surface area contributed by atoms with Crippen molar-refractivity contribution in [3.05, 3.63) is 29.8 Å². The molecule has 0 heterocycles. The second-order valence-electron chi connectivity index (χ2n) is 4.31. The standard InChI is InChI=1S/C14H22N2O2/c1-11(16-14(17)5-3-4-10-15)12-6-8-13(18-2)9-7-12/h6-9,11H,3-5,10,15H2,1-2H3,(H,16,17)/t11-/m0/s1. The lowest BCUT2D eigenvalue weighted by Gasteiger charge is -2.14. The number of amides is 1. The predicted molar refractivity (Wildman–Crippen MR) is 72.5 cm³/mol. The van der Waals surface area contributed by atoms with E-state index in [9.17, 15) is 4.79 Å². The van der Waals surface area contributed by atoms with Gasteiger partial charge in [-0.25, -0.2) is 0 Å². The maximum absolute atomic E-state index is 11.6. The van der Waals surface area contributed by atoms with E-state index in [0.717, 1.165) is 24.2 Å². The minimum Gasteiger partial charge on any atom is -0.497 e. The third kappa shape index (κ3) is 4.75. The Balaban J connectivity index is 2.43. The molecule has 1 aromatic rings. The fraction of sp³-hybridized carbons (Fsp3) is 0.500. The normalized spacial score (nSPS) is 11.9. The van der Waals surface area contributed by atoms with Crippen LogP contribution in [0.4, 0.5) is 0 Å². The summed E-state index contributed by atoms with van der Waals surface area (Å²) in [5, 5.41) is 2.97. The molecule has 0 spiro atoms. The molecule has 0 unspecified atom stereocenters. The van der Waals surface area contributed by atoms with Gasteiger partial charge in [-0.15, -0.1) is 0 Å².